The van der Waals surface area contributed by atoms with E-state index < -0.39 is 6.10 Å². The average molecular weight is 265 g/mol. The lowest BCUT2D eigenvalue weighted by atomic mass is 9.86. The fraction of sp³-hybridized carbons (Fsp3) is 0.625. The maximum atomic E-state index is 10.6. The molecule has 1 rings (SSSR count). The van der Waals surface area contributed by atoms with Crippen LogP contribution in [0.5, 0.6) is 5.75 Å². The van der Waals surface area contributed by atoms with E-state index in [-0.39, 0.29) is 11.6 Å². The predicted octanol–water partition coefficient (Wildman–Crippen LogP) is 3.24. The predicted molar refractivity (Wildman–Crippen MR) is 79.5 cm³/mol. The third-order valence-corrected chi connectivity index (χ3v) is 3.89. The van der Waals surface area contributed by atoms with Crippen molar-refractivity contribution >= 4 is 0 Å². The number of hydrogen-bond acceptors (Lipinski definition) is 3. The second-order valence-corrected chi connectivity index (χ2v) is 5.74. The monoisotopic (exact) mass is 265 g/mol. The zero-order valence-electron chi connectivity index (χ0n) is 13.0. The van der Waals surface area contributed by atoms with Gasteiger partial charge >= 0.3 is 0 Å². The van der Waals surface area contributed by atoms with Crippen molar-refractivity contribution in [1.82, 2.24) is 4.90 Å². The third-order valence-electron chi connectivity index (χ3n) is 3.89. The molecule has 0 amide bonds. The van der Waals surface area contributed by atoms with E-state index in [9.17, 15) is 5.11 Å². The summed E-state index contributed by atoms with van der Waals surface area (Å²) in [6.07, 6.45) is 0.532. The minimum absolute atomic E-state index is 0.165. The van der Waals surface area contributed by atoms with Crippen LogP contribution in [0.15, 0.2) is 24.3 Å². The van der Waals surface area contributed by atoms with Gasteiger partial charge in [0.2, 0.25) is 0 Å². The lowest BCUT2D eigenvalue weighted by molar-refractivity contribution is 0.000835. The van der Waals surface area contributed by atoms with Crippen molar-refractivity contribution in [2.24, 2.45) is 0 Å². The Hall–Kier alpha value is -1.06. The maximum Gasteiger partial charge on any atom is 0.119 e. The molecule has 1 N–H and O–H groups in total. The van der Waals surface area contributed by atoms with E-state index in [1.54, 1.807) is 0 Å². The van der Waals surface area contributed by atoms with Gasteiger partial charge in [-0.05, 0) is 59.0 Å². The van der Waals surface area contributed by atoms with Crippen LogP contribution in [0.25, 0.3) is 0 Å². The highest BCUT2D eigenvalue weighted by Crippen LogP contribution is 2.33. The first-order chi connectivity index (χ1) is 8.81. The first-order valence-corrected chi connectivity index (χ1v) is 6.93. The Balaban J connectivity index is 2.91. The minimum atomic E-state index is -0.513. The van der Waals surface area contributed by atoms with E-state index in [2.05, 4.69) is 18.7 Å². The zero-order valence-corrected chi connectivity index (χ0v) is 13.0. The molecule has 0 spiro atoms. The number of hydrogen-bond donors (Lipinski definition) is 1. The summed E-state index contributed by atoms with van der Waals surface area (Å²) in [7, 11) is 4.01. The molecule has 0 aliphatic carbocycles. The van der Waals surface area contributed by atoms with Gasteiger partial charge in [0.25, 0.3) is 0 Å². The smallest absolute Gasteiger partial charge is 0.119 e. The molecule has 19 heavy (non-hydrogen) atoms. The van der Waals surface area contributed by atoms with Crippen molar-refractivity contribution in [3.05, 3.63) is 29.8 Å². The molecule has 0 aromatic heterocycles. The second-order valence-electron chi connectivity index (χ2n) is 5.74. The third kappa shape index (κ3) is 3.71. The molecule has 1 aromatic rings. The van der Waals surface area contributed by atoms with Crippen molar-refractivity contribution < 1.29 is 9.84 Å². The highest BCUT2D eigenvalue weighted by molar-refractivity contribution is 5.30. The highest BCUT2D eigenvalue weighted by atomic mass is 16.5. The average Bonchev–Trinajstić information content (AvgIpc) is 2.37. The van der Waals surface area contributed by atoms with E-state index in [4.69, 9.17) is 4.74 Å². The first kappa shape index (κ1) is 16.0. The Labute approximate surface area is 117 Å². The second kappa shape index (κ2) is 6.40. The quantitative estimate of drug-likeness (QED) is 0.857. The molecule has 2 atom stereocenters. The summed E-state index contributed by atoms with van der Waals surface area (Å²) in [5.41, 5.74) is 0.662. The van der Waals surface area contributed by atoms with Crippen LogP contribution in [0.4, 0.5) is 0 Å². The van der Waals surface area contributed by atoms with E-state index >= 15 is 0 Å². The molecule has 3 nitrogen and oxygen atoms in total. The number of aliphatic hydroxyl groups excluding tert-OH is 1. The molecule has 3 heteroatoms. The van der Waals surface area contributed by atoms with Crippen LogP contribution in [-0.2, 0) is 0 Å². The Bertz CT molecular complexity index is 386. The zero-order chi connectivity index (χ0) is 14.6. The van der Waals surface area contributed by atoms with Gasteiger partial charge in [0.05, 0.1) is 12.2 Å². The molecule has 108 valence electrons. The number of benzene rings is 1. The molecule has 0 fully saturated rings. The summed E-state index contributed by atoms with van der Waals surface area (Å²) in [4.78, 5) is 2.08. The molecule has 0 bridgehead atoms. The Kier molecular flexibility index (Phi) is 5.39. The number of rotatable bonds is 6. The molecule has 0 heterocycles. The number of ether oxygens (including phenoxy) is 1. The molecule has 0 aliphatic rings. The van der Waals surface area contributed by atoms with Gasteiger partial charge in [-0.1, -0.05) is 19.1 Å². The molecule has 0 saturated carbocycles. The molecule has 0 saturated heterocycles. The van der Waals surface area contributed by atoms with Crippen LogP contribution >= 0.6 is 0 Å². The van der Waals surface area contributed by atoms with Gasteiger partial charge in [-0.25, -0.2) is 0 Å². The van der Waals surface area contributed by atoms with E-state index in [1.807, 2.05) is 52.2 Å². The molecular weight excluding hydrogens is 238 g/mol. The number of likely N-dealkylation sites (N-methyl/N-ethyl adjacent to an activating group) is 1. The summed E-state index contributed by atoms with van der Waals surface area (Å²) in [5.74, 6) is 0.842. The molecule has 1 aromatic carbocycles. The van der Waals surface area contributed by atoms with Gasteiger partial charge in [0, 0.05) is 5.54 Å². The number of nitrogens with zero attached hydrogens (tertiary/aromatic N) is 1. The van der Waals surface area contributed by atoms with Crippen molar-refractivity contribution in [3.8, 4) is 5.75 Å². The van der Waals surface area contributed by atoms with Crippen LogP contribution < -0.4 is 4.74 Å². The maximum absolute atomic E-state index is 10.6. The van der Waals surface area contributed by atoms with Crippen LogP contribution in [0.3, 0.4) is 0 Å². The lowest BCUT2D eigenvalue weighted by Crippen LogP contribution is -2.46. The summed E-state index contributed by atoms with van der Waals surface area (Å²) in [6.45, 7) is 8.18. The van der Waals surface area contributed by atoms with E-state index in [1.165, 1.54) is 0 Å². The van der Waals surface area contributed by atoms with Crippen LogP contribution in [0.2, 0.25) is 0 Å². The minimum Gasteiger partial charge on any atom is -0.491 e. The Morgan fingerprint density at radius 3 is 2.11 bits per heavy atom. The molecular formula is C16H27NO2. The largest absolute Gasteiger partial charge is 0.491 e. The fourth-order valence-corrected chi connectivity index (χ4v) is 2.11. The fourth-order valence-electron chi connectivity index (χ4n) is 2.11. The standard InChI is InChI=1S/C16H27NO2/c1-7-16(4,17(5)6)15(18)13-8-10-14(11-9-13)19-12(2)3/h8-12,15,18H,7H2,1-6H3. The summed E-state index contributed by atoms with van der Waals surface area (Å²) in [6, 6.07) is 7.73. The molecule has 0 radical (unpaired) electrons. The van der Waals surface area contributed by atoms with Crippen LogP contribution in [0.1, 0.15) is 45.8 Å². The Morgan fingerprint density at radius 2 is 1.74 bits per heavy atom. The van der Waals surface area contributed by atoms with Crippen LogP contribution in [0, 0.1) is 0 Å². The topological polar surface area (TPSA) is 32.7 Å². The van der Waals surface area contributed by atoms with Crippen molar-refractivity contribution in [2.75, 3.05) is 14.1 Å². The lowest BCUT2D eigenvalue weighted by Gasteiger charge is -2.40. The number of aliphatic hydroxyl groups is 1. The summed E-state index contributed by atoms with van der Waals surface area (Å²) in [5, 5.41) is 10.6. The van der Waals surface area contributed by atoms with Gasteiger partial charge in [-0.3, -0.25) is 0 Å². The van der Waals surface area contributed by atoms with Crippen molar-refractivity contribution in [3.63, 3.8) is 0 Å². The molecule has 0 aliphatic heterocycles. The van der Waals surface area contributed by atoms with Crippen LogP contribution in [-0.4, -0.2) is 35.7 Å². The van der Waals surface area contributed by atoms with Gasteiger partial charge in [0.1, 0.15) is 5.75 Å². The van der Waals surface area contributed by atoms with Gasteiger partial charge in [0.15, 0.2) is 0 Å². The summed E-state index contributed by atoms with van der Waals surface area (Å²) >= 11 is 0. The van der Waals surface area contributed by atoms with Gasteiger partial charge < -0.3 is 14.7 Å². The first-order valence-electron chi connectivity index (χ1n) is 6.93. The van der Waals surface area contributed by atoms with Gasteiger partial charge in [-0.15, -0.1) is 0 Å². The highest BCUT2D eigenvalue weighted by Gasteiger charge is 2.34. The normalized spacial score (nSPS) is 16.5. The van der Waals surface area contributed by atoms with E-state index in [0.717, 1.165) is 17.7 Å². The Morgan fingerprint density at radius 1 is 1.21 bits per heavy atom. The summed E-state index contributed by atoms with van der Waals surface area (Å²) < 4.78 is 5.62. The van der Waals surface area contributed by atoms with Crippen molar-refractivity contribution in [1.29, 1.82) is 0 Å². The van der Waals surface area contributed by atoms with Crippen molar-refractivity contribution in [2.45, 2.75) is 51.9 Å². The van der Waals surface area contributed by atoms with E-state index in [0.29, 0.717) is 0 Å². The SMILES string of the molecule is CCC(C)(C(O)c1ccc(OC(C)C)cc1)N(C)C. The van der Waals surface area contributed by atoms with Gasteiger partial charge in [-0.2, -0.15) is 0 Å². The molecule has 2 unspecified atom stereocenters.